The Morgan fingerprint density at radius 2 is 2.00 bits per heavy atom. The van der Waals surface area contributed by atoms with Crippen molar-refractivity contribution in [2.75, 3.05) is 12.4 Å². The maximum Gasteiger partial charge on any atom is 0.338 e. The zero-order valence-electron chi connectivity index (χ0n) is 14.3. The number of aldehydes is 1. The van der Waals surface area contributed by atoms with E-state index in [0.29, 0.717) is 11.5 Å². The van der Waals surface area contributed by atoms with Crippen LogP contribution in [0.1, 0.15) is 57.9 Å². The van der Waals surface area contributed by atoms with Crippen LogP contribution in [0.5, 0.6) is 0 Å². The van der Waals surface area contributed by atoms with Crippen molar-refractivity contribution in [1.29, 1.82) is 0 Å². The summed E-state index contributed by atoms with van der Waals surface area (Å²) in [6.45, 7) is 0. The van der Waals surface area contributed by atoms with Gasteiger partial charge in [-0.2, -0.15) is 0 Å². The fourth-order valence-electron chi connectivity index (χ4n) is 4.21. The Balaban J connectivity index is 0.000000192. The highest BCUT2D eigenvalue weighted by Gasteiger charge is 2.42. The van der Waals surface area contributed by atoms with Crippen LogP contribution in [0.2, 0.25) is 0 Å². The van der Waals surface area contributed by atoms with E-state index >= 15 is 0 Å². The van der Waals surface area contributed by atoms with Crippen LogP contribution in [-0.4, -0.2) is 24.4 Å². The number of carboxylic acid groups (broad SMARTS) is 1. The van der Waals surface area contributed by atoms with Crippen LogP contribution in [0.4, 0.5) is 5.00 Å². The number of thiophene rings is 1. The van der Waals surface area contributed by atoms with Gasteiger partial charge in [-0.25, -0.2) is 4.79 Å². The summed E-state index contributed by atoms with van der Waals surface area (Å²) in [7, 11) is 1.79. The Morgan fingerprint density at radius 1 is 1.24 bits per heavy atom. The molecule has 1 aromatic carbocycles. The Bertz CT molecular complexity index is 741. The Morgan fingerprint density at radius 3 is 2.48 bits per heavy atom. The number of carboxylic acids is 1. The van der Waals surface area contributed by atoms with Crippen molar-refractivity contribution in [1.82, 2.24) is 0 Å². The summed E-state index contributed by atoms with van der Waals surface area (Å²) in [5.41, 5.74) is 2.33. The van der Waals surface area contributed by atoms with E-state index < -0.39 is 5.97 Å². The second kappa shape index (κ2) is 7.83. The van der Waals surface area contributed by atoms with Gasteiger partial charge in [0.25, 0.3) is 0 Å². The topological polar surface area (TPSA) is 66.4 Å². The first-order chi connectivity index (χ1) is 12.1. The Kier molecular flexibility index (Phi) is 5.53. The molecule has 4 nitrogen and oxygen atoms in total. The van der Waals surface area contributed by atoms with Crippen LogP contribution in [0.3, 0.4) is 0 Å². The SMILES string of the molecule is CNc1scc(C2CC3CCC2C3)c1C(=O)O.O=Cc1ccccc1. The summed E-state index contributed by atoms with van der Waals surface area (Å²) < 4.78 is 0. The first kappa shape index (κ1) is 17.7. The summed E-state index contributed by atoms with van der Waals surface area (Å²) in [5.74, 6) is 1.30. The third-order valence-electron chi connectivity index (χ3n) is 5.33. The van der Waals surface area contributed by atoms with E-state index in [2.05, 4.69) is 10.7 Å². The summed E-state index contributed by atoms with van der Waals surface area (Å²) in [5, 5.41) is 15.2. The predicted molar refractivity (Wildman–Crippen MR) is 101 cm³/mol. The van der Waals surface area contributed by atoms with Gasteiger partial charge in [-0.3, -0.25) is 4.79 Å². The minimum Gasteiger partial charge on any atom is -0.478 e. The molecule has 0 saturated heterocycles. The monoisotopic (exact) mass is 357 g/mol. The lowest BCUT2D eigenvalue weighted by atomic mass is 9.83. The van der Waals surface area contributed by atoms with Gasteiger partial charge >= 0.3 is 5.97 Å². The van der Waals surface area contributed by atoms with Crippen LogP contribution >= 0.6 is 11.3 Å². The van der Waals surface area contributed by atoms with E-state index in [1.165, 1.54) is 37.0 Å². The van der Waals surface area contributed by atoms with Crippen molar-refractivity contribution in [3.63, 3.8) is 0 Å². The molecule has 0 amide bonds. The van der Waals surface area contributed by atoms with Crippen LogP contribution in [0, 0.1) is 11.8 Å². The molecule has 3 unspecified atom stereocenters. The molecule has 2 N–H and O–H groups in total. The number of hydrogen-bond acceptors (Lipinski definition) is 4. The normalized spacial score (nSPS) is 23.6. The number of carbonyl (C=O) groups is 2. The minimum absolute atomic E-state index is 0.498. The van der Waals surface area contributed by atoms with Gasteiger partial charge in [0, 0.05) is 12.6 Å². The van der Waals surface area contributed by atoms with Gasteiger partial charge in [-0.1, -0.05) is 36.8 Å². The molecule has 2 aliphatic rings. The van der Waals surface area contributed by atoms with Gasteiger partial charge in [-0.15, -0.1) is 11.3 Å². The third-order valence-corrected chi connectivity index (χ3v) is 6.35. The molecule has 4 rings (SSSR count). The molecule has 25 heavy (non-hydrogen) atoms. The third kappa shape index (κ3) is 3.76. The van der Waals surface area contributed by atoms with E-state index in [4.69, 9.17) is 0 Å². The highest BCUT2D eigenvalue weighted by Crippen LogP contribution is 2.54. The molecule has 0 radical (unpaired) electrons. The molecule has 2 bridgehead atoms. The fourth-order valence-corrected chi connectivity index (χ4v) is 5.18. The summed E-state index contributed by atoms with van der Waals surface area (Å²) >= 11 is 1.53. The van der Waals surface area contributed by atoms with Gasteiger partial charge in [0.1, 0.15) is 11.3 Å². The van der Waals surface area contributed by atoms with E-state index in [1.54, 1.807) is 19.2 Å². The van der Waals surface area contributed by atoms with Crippen molar-refractivity contribution < 1.29 is 14.7 Å². The fraction of sp³-hybridized carbons (Fsp3) is 0.400. The van der Waals surface area contributed by atoms with Gasteiger partial charge in [0.05, 0.1) is 5.56 Å². The number of rotatable bonds is 4. The zero-order valence-corrected chi connectivity index (χ0v) is 15.1. The van der Waals surface area contributed by atoms with Crippen LogP contribution in [0.25, 0.3) is 0 Å². The van der Waals surface area contributed by atoms with Crippen LogP contribution in [0.15, 0.2) is 35.7 Å². The average molecular weight is 357 g/mol. The van der Waals surface area contributed by atoms with Crippen molar-refractivity contribution in [2.45, 2.75) is 31.6 Å². The number of hydrogen-bond donors (Lipinski definition) is 2. The molecular weight excluding hydrogens is 334 g/mol. The molecule has 5 heteroatoms. The number of carbonyl (C=O) groups excluding carboxylic acids is 1. The van der Waals surface area contributed by atoms with Crippen LogP contribution in [-0.2, 0) is 0 Å². The number of anilines is 1. The molecule has 0 spiro atoms. The molecule has 2 aliphatic carbocycles. The van der Waals surface area contributed by atoms with E-state index in [9.17, 15) is 14.7 Å². The zero-order chi connectivity index (χ0) is 17.8. The largest absolute Gasteiger partial charge is 0.478 e. The smallest absolute Gasteiger partial charge is 0.338 e. The number of fused-ring (bicyclic) bond motifs is 2. The van der Waals surface area contributed by atoms with Crippen LogP contribution < -0.4 is 5.32 Å². The first-order valence-corrected chi connectivity index (χ1v) is 9.54. The average Bonchev–Trinajstić information content (AvgIpc) is 3.37. The van der Waals surface area contributed by atoms with Crippen molar-refractivity contribution in [3.8, 4) is 0 Å². The molecule has 2 saturated carbocycles. The summed E-state index contributed by atoms with van der Waals surface area (Å²) in [6.07, 6.45) is 5.99. The molecule has 2 aromatic rings. The number of benzene rings is 1. The first-order valence-electron chi connectivity index (χ1n) is 8.66. The van der Waals surface area contributed by atoms with Gasteiger partial charge < -0.3 is 10.4 Å². The van der Waals surface area contributed by atoms with E-state index in [-0.39, 0.29) is 0 Å². The lowest BCUT2D eigenvalue weighted by Crippen LogP contribution is -2.12. The van der Waals surface area contributed by atoms with Gasteiger partial charge in [0.2, 0.25) is 0 Å². The second-order valence-electron chi connectivity index (χ2n) is 6.76. The molecule has 0 aliphatic heterocycles. The van der Waals surface area contributed by atoms with Crippen molar-refractivity contribution in [2.24, 2.45) is 11.8 Å². The molecule has 1 heterocycles. The maximum atomic E-state index is 11.4. The standard InChI is InChI=1S/C13H17NO2S.C7H6O/c1-14-12-11(13(15)16)10(6-17-12)9-5-7-2-3-8(9)4-7;8-6-7-4-2-1-3-5-7/h6-9,14H,2-5H2,1H3,(H,15,16);1-6H. The predicted octanol–water partition coefficient (Wildman–Crippen LogP) is 4.89. The van der Waals surface area contributed by atoms with E-state index in [0.717, 1.165) is 34.2 Å². The Hall–Kier alpha value is -2.14. The summed E-state index contributed by atoms with van der Waals surface area (Å²) in [4.78, 5) is 21.4. The van der Waals surface area contributed by atoms with Crippen molar-refractivity contribution in [3.05, 3.63) is 52.4 Å². The quantitative estimate of drug-likeness (QED) is 0.765. The lowest BCUT2D eigenvalue weighted by Gasteiger charge is -2.21. The minimum atomic E-state index is -0.784. The highest BCUT2D eigenvalue weighted by molar-refractivity contribution is 7.14. The number of aromatic carboxylic acids is 1. The van der Waals surface area contributed by atoms with Gasteiger partial charge in [-0.05, 0) is 48.0 Å². The lowest BCUT2D eigenvalue weighted by molar-refractivity contribution is 0.0696. The summed E-state index contributed by atoms with van der Waals surface area (Å²) in [6, 6.07) is 9.10. The second-order valence-corrected chi connectivity index (χ2v) is 7.64. The molecule has 2 fully saturated rings. The number of nitrogens with one attached hydrogen (secondary N) is 1. The van der Waals surface area contributed by atoms with E-state index in [1.807, 2.05) is 18.2 Å². The molecule has 3 atom stereocenters. The molecule has 132 valence electrons. The van der Waals surface area contributed by atoms with Gasteiger partial charge in [0.15, 0.2) is 0 Å². The molecular formula is C20H23NO3S. The molecule has 1 aromatic heterocycles. The van der Waals surface area contributed by atoms with Crippen molar-refractivity contribution >= 4 is 28.6 Å². The Labute approximate surface area is 151 Å². The highest BCUT2D eigenvalue weighted by atomic mass is 32.1. The maximum absolute atomic E-state index is 11.4.